The first kappa shape index (κ1) is 25.4. The number of aryl methyl sites for hydroxylation is 1. The maximum atomic E-state index is 12.9. The molecule has 2 aromatic carbocycles. The molecule has 200 valence electrons. The number of ether oxygens (including phenoxy) is 3. The van der Waals surface area contributed by atoms with Gasteiger partial charge in [0.2, 0.25) is 0 Å². The Bertz CT molecular complexity index is 1580. The van der Waals surface area contributed by atoms with Gasteiger partial charge in [-0.1, -0.05) is 0 Å². The molecule has 39 heavy (non-hydrogen) atoms. The van der Waals surface area contributed by atoms with Crippen molar-refractivity contribution in [1.82, 2.24) is 24.7 Å². The molecule has 13 heteroatoms. The fourth-order valence-electron chi connectivity index (χ4n) is 4.35. The highest BCUT2D eigenvalue weighted by Gasteiger charge is 2.26. The largest absolute Gasteiger partial charge is 0.493 e. The summed E-state index contributed by atoms with van der Waals surface area (Å²) in [6.07, 6.45) is 4.67. The van der Waals surface area contributed by atoms with E-state index in [9.17, 15) is 9.59 Å². The van der Waals surface area contributed by atoms with E-state index in [0.717, 1.165) is 28.7 Å². The van der Waals surface area contributed by atoms with Gasteiger partial charge in [-0.15, -0.1) is 9.78 Å². The van der Waals surface area contributed by atoms with E-state index in [1.54, 1.807) is 31.4 Å². The standard InChI is InChI=1S/C26H26N8O5/c1-14(35)39-19-13-17(6-7-18(19)23(27)28)31-21(16-11-15-5-3-10-38-22(15)20(12-16)37-2)24-32-26(36)34(33-24)25-29-8-4-9-30-25/h4,6-9,11-13,21,31H,3,5,10H2,1-2H3,(H3,27,28)(H,32,33,36). The normalized spacial score (nSPS) is 13.1. The van der Waals surface area contributed by atoms with E-state index in [1.165, 1.54) is 19.3 Å². The third-order valence-corrected chi connectivity index (χ3v) is 6.03. The Morgan fingerprint density at radius 3 is 2.74 bits per heavy atom. The van der Waals surface area contributed by atoms with Gasteiger partial charge in [-0.05, 0) is 54.3 Å². The van der Waals surface area contributed by atoms with Gasteiger partial charge < -0.3 is 25.3 Å². The molecule has 0 amide bonds. The fraction of sp³-hybridized carbons (Fsp3) is 0.231. The summed E-state index contributed by atoms with van der Waals surface area (Å²) in [4.78, 5) is 35.6. The fourth-order valence-corrected chi connectivity index (χ4v) is 4.35. The van der Waals surface area contributed by atoms with Crippen molar-refractivity contribution in [3.05, 3.63) is 81.8 Å². The van der Waals surface area contributed by atoms with Crippen molar-refractivity contribution in [2.75, 3.05) is 19.0 Å². The zero-order valence-corrected chi connectivity index (χ0v) is 21.2. The second kappa shape index (κ2) is 10.7. The van der Waals surface area contributed by atoms with Crippen LogP contribution in [-0.2, 0) is 11.2 Å². The van der Waals surface area contributed by atoms with E-state index in [4.69, 9.17) is 25.4 Å². The minimum Gasteiger partial charge on any atom is -0.493 e. The van der Waals surface area contributed by atoms with Crippen LogP contribution >= 0.6 is 0 Å². The number of aromatic nitrogens is 5. The van der Waals surface area contributed by atoms with Crippen LogP contribution in [0, 0.1) is 5.41 Å². The molecule has 0 fully saturated rings. The lowest BCUT2D eigenvalue weighted by molar-refractivity contribution is -0.131. The van der Waals surface area contributed by atoms with Crippen molar-refractivity contribution >= 4 is 17.5 Å². The number of hydrogen-bond acceptors (Lipinski definition) is 10. The Morgan fingerprint density at radius 1 is 1.23 bits per heavy atom. The SMILES string of the molecule is COc1cc(C(Nc2ccc(C(=N)N)c(OC(C)=O)c2)c2nn(-c3ncccn3)c(=O)[nH]2)cc2c1OCCC2. The van der Waals surface area contributed by atoms with Gasteiger partial charge in [-0.3, -0.25) is 15.2 Å². The third kappa shape index (κ3) is 5.28. The van der Waals surface area contributed by atoms with Gasteiger partial charge >= 0.3 is 11.7 Å². The number of nitrogens with one attached hydrogen (secondary N) is 3. The summed E-state index contributed by atoms with van der Waals surface area (Å²) in [6.45, 7) is 1.86. The monoisotopic (exact) mass is 530 g/mol. The Kier molecular flexibility index (Phi) is 6.95. The summed E-state index contributed by atoms with van der Waals surface area (Å²) in [5.41, 5.74) is 7.62. The molecule has 5 N–H and O–H groups in total. The molecule has 4 aromatic rings. The van der Waals surface area contributed by atoms with Crippen molar-refractivity contribution in [2.45, 2.75) is 25.8 Å². The average molecular weight is 531 g/mol. The van der Waals surface area contributed by atoms with Crippen molar-refractivity contribution in [2.24, 2.45) is 5.73 Å². The van der Waals surface area contributed by atoms with Crippen molar-refractivity contribution in [3.8, 4) is 23.2 Å². The number of carbonyl (C=O) groups excluding carboxylic acids is 1. The number of rotatable bonds is 8. The van der Waals surface area contributed by atoms with Crippen molar-refractivity contribution < 1.29 is 19.0 Å². The lowest BCUT2D eigenvalue weighted by Gasteiger charge is -2.24. The van der Waals surface area contributed by atoms with Crippen LogP contribution < -0.4 is 31.0 Å². The molecular weight excluding hydrogens is 504 g/mol. The van der Waals surface area contributed by atoms with E-state index >= 15 is 0 Å². The molecule has 1 aliphatic heterocycles. The number of amidine groups is 1. The number of nitrogens with two attached hydrogens (primary N) is 1. The van der Waals surface area contributed by atoms with Gasteiger partial charge in [-0.25, -0.2) is 14.8 Å². The highest BCUT2D eigenvalue weighted by atomic mass is 16.5. The van der Waals surface area contributed by atoms with Crippen LogP contribution in [0.1, 0.15) is 41.9 Å². The number of hydrogen-bond donors (Lipinski definition) is 4. The number of aromatic amines is 1. The molecule has 5 rings (SSSR count). The molecule has 2 aromatic heterocycles. The second-order valence-electron chi connectivity index (χ2n) is 8.74. The van der Waals surface area contributed by atoms with Gasteiger partial charge in [0.05, 0.1) is 19.3 Å². The average Bonchev–Trinajstić information content (AvgIpc) is 3.32. The predicted octanol–water partition coefficient (Wildman–Crippen LogP) is 2.10. The molecule has 13 nitrogen and oxygen atoms in total. The van der Waals surface area contributed by atoms with E-state index in [0.29, 0.717) is 23.8 Å². The number of carbonyl (C=O) groups is 1. The number of anilines is 1. The molecule has 1 unspecified atom stereocenters. The molecule has 0 spiro atoms. The summed E-state index contributed by atoms with van der Waals surface area (Å²) >= 11 is 0. The minimum atomic E-state index is -0.697. The van der Waals surface area contributed by atoms with Gasteiger partial charge in [0.1, 0.15) is 17.6 Å². The topological polar surface area (TPSA) is 183 Å². The van der Waals surface area contributed by atoms with Gasteiger partial charge in [0.15, 0.2) is 17.3 Å². The molecule has 0 radical (unpaired) electrons. The molecule has 0 saturated heterocycles. The molecule has 0 aliphatic carbocycles. The van der Waals surface area contributed by atoms with E-state index in [-0.39, 0.29) is 28.9 Å². The maximum Gasteiger partial charge on any atom is 0.350 e. The number of nitrogens with zero attached hydrogens (tertiary/aromatic N) is 4. The number of H-pyrrole nitrogens is 1. The molecule has 1 atom stereocenters. The summed E-state index contributed by atoms with van der Waals surface area (Å²) < 4.78 is 17.9. The summed E-state index contributed by atoms with van der Waals surface area (Å²) in [7, 11) is 1.56. The molecule has 0 saturated carbocycles. The third-order valence-electron chi connectivity index (χ3n) is 6.03. The lowest BCUT2D eigenvalue weighted by Crippen LogP contribution is -2.18. The van der Waals surface area contributed by atoms with Crippen LogP contribution in [0.15, 0.2) is 53.6 Å². The first-order valence-electron chi connectivity index (χ1n) is 12.1. The summed E-state index contributed by atoms with van der Waals surface area (Å²) in [6, 6.07) is 9.54. The summed E-state index contributed by atoms with van der Waals surface area (Å²) in [5.74, 6) is 0.933. The van der Waals surface area contributed by atoms with Crippen LogP contribution in [-0.4, -0.2) is 50.3 Å². The zero-order valence-electron chi connectivity index (χ0n) is 21.2. The highest BCUT2D eigenvalue weighted by molar-refractivity contribution is 5.98. The van der Waals surface area contributed by atoms with Crippen LogP contribution in [0.25, 0.3) is 5.95 Å². The number of nitrogen functional groups attached to an aromatic ring is 1. The number of esters is 1. The molecule has 0 bridgehead atoms. The Morgan fingerprint density at radius 2 is 2.03 bits per heavy atom. The van der Waals surface area contributed by atoms with E-state index < -0.39 is 17.7 Å². The van der Waals surface area contributed by atoms with Crippen LogP contribution in [0.2, 0.25) is 0 Å². The Labute approximate surface area is 222 Å². The zero-order chi connectivity index (χ0) is 27.5. The number of fused-ring (bicyclic) bond motifs is 1. The van der Waals surface area contributed by atoms with Gasteiger partial charge in [0.25, 0.3) is 5.95 Å². The Hall–Kier alpha value is -5.20. The summed E-state index contributed by atoms with van der Waals surface area (Å²) in [5, 5.41) is 15.7. The molecule has 3 heterocycles. The smallest absolute Gasteiger partial charge is 0.350 e. The number of methoxy groups -OCH3 is 1. The van der Waals surface area contributed by atoms with Gasteiger partial charge in [0, 0.05) is 31.1 Å². The van der Waals surface area contributed by atoms with Gasteiger partial charge in [-0.2, -0.15) is 0 Å². The second-order valence-corrected chi connectivity index (χ2v) is 8.74. The van der Waals surface area contributed by atoms with Crippen LogP contribution in [0.4, 0.5) is 5.69 Å². The number of benzene rings is 2. The molecule has 1 aliphatic rings. The van der Waals surface area contributed by atoms with Crippen molar-refractivity contribution in [1.29, 1.82) is 5.41 Å². The Balaban J connectivity index is 1.63. The first-order chi connectivity index (χ1) is 18.8. The van der Waals surface area contributed by atoms with E-state index in [1.807, 2.05) is 12.1 Å². The maximum absolute atomic E-state index is 12.9. The van der Waals surface area contributed by atoms with Crippen molar-refractivity contribution in [3.63, 3.8) is 0 Å². The van der Waals surface area contributed by atoms with E-state index in [2.05, 4.69) is 25.4 Å². The van der Waals surface area contributed by atoms with Crippen LogP contribution in [0.3, 0.4) is 0 Å². The molecular formula is C26H26N8O5. The predicted molar refractivity (Wildman–Crippen MR) is 141 cm³/mol. The quantitative estimate of drug-likeness (QED) is 0.114. The minimum absolute atomic E-state index is 0.114. The highest BCUT2D eigenvalue weighted by Crippen LogP contribution is 2.39. The first-order valence-corrected chi connectivity index (χ1v) is 12.1. The lowest BCUT2D eigenvalue weighted by atomic mass is 9.97. The van der Waals surface area contributed by atoms with Crippen LogP contribution in [0.5, 0.6) is 17.2 Å².